The maximum Gasteiger partial charge on any atom is 0.303 e. The van der Waals surface area contributed by atoms with Gasteiger partial charge >= 0.3 is 11.9 Å². The number of aliphatic hydroxyl groups is 1. The average Bonchev–Trinajstić information content (AvgIpc) is 3.19. The average molecular weight is 419 g/mol. The van der Waals surface area contributed by atoms with Crippen LogP contribution in [0.15, 0.2) is 34.7 Å². The molecule has 0 aliphatic heterocycles. The number of esters is 2. The summed E-state index contributed by atoms with van der Waals surface area (Å²) in [6, 6.07) is 1.83. The van der Waals surface area contributed by atoms with Crippen LogP contribution in [0.25, 0.3) is 0 Å². The lowest BCUT2D eigenvalue weighted by molar-refractivity contribution is -0.180. The monoisotopic (exact) mass is 418 g/mol. The zero-order valence-electron chi connectivity index (χ0n) is 18.6. The van der Waals surface area contributed by atoms with E-state index in [-0.39, 0.29) is 35.8 Å². The quantitative estimate of drug-likeness (QED) is 0.537. The largest absolute Gasteiger partial charge is 0.472 e. The Hall–Kier alpha value is -2.08. The second-order valence-electron chi connectivity index (χ2n) is 9.35. The van der Waals surface area contributed by atoms with Gasteiger partial charge in [0, 0.05) is 19.4 Å². The Kier molecular flexibility index (Phi) is 6.46. The molecule has 0 radical (unpaired) electrons. The smallest absolute Gasteiger partial charge is 0.303 e. The molecule has 0 saturated heterocycles. The number of furan rings is 1. The van der Waals surface area contributed by atoms with Gasteiger partial charge in [-0.15, -0.1) is 0 Å². The highest BCUT2D eigenvalue weighted by Gasteiger charge is 2.60. The molecule has 0 aromatic carbocycles. The van der Waals surface area contributed by atoms with Crippen molar-refractivity contribution in [2.24, 2.45) is 22.7 Å². The molecule has 30 heavy (non-hydrogen) atoms. The molecule has 0 spiro atoms. The molecule has 1 aromatic heterocycles. The van der Waals surface area contributed by atoms with E-state index in [0.717, 1.165) is 24.0 Å². The van der Waals surface area contributed by atoms with Gasteiger partial charge in [0.2, 0.25) is 0 Å². The molecule has 6 atom stereocenters. The molecule has 0 unspecified atom stereocenters. The number of fused-ring (bicyclic) bond motifs is 1. The minimum absolute atomic E-state index is 0.0815. The molecule has 1 aromatic rings. The van der Waals surface area contributed by atoms with E-state index in [1.165, 1.54) is 13.8 Å². The Bertz CT molecular complexity index is 797. The minimum Gasteiger partial charge on any atom is -0.472 e. The molecule has 0 bridgehead atoms. The first-order chi connectivity index (χ1) is 14.1. The fraction of sp³-hybridized carbons (Fsp3) is 0.667. The van der Waals surface area contributed by atoms with Crippen LogP contribution >= 0.6 is 0 Å². The van der Waals surface area contributed by atoms with Gasteiger partial charge in [-0.1, -0.05) is 25.5 Å². The van der Waals surface area contributed by atoms with Crippen molar-refractivity contribution in [3.05, 3.63) is 35.8 Å². The highest BCUT2D eigenvalue weighted by molar-refractivity contribution is 5.66. The van der Waals surface area contributed by atoms with Crippen molar-refractivity contribution >= 4 is 11.9 Å². The van der Waals surface area contributed by atoms with E-state index >= 15 is 0 Å². The fourth-order valence-electron chi connectivity index (χ4n) is 5.92. The second-order valence-corrected chi connectivity index (χ2v) is 9.35. The maximum absolute atomic E-state index is 11.8. The van der Waals surface area contributed by atoms with E-state index in [1.807, 2.05) is 13.0 Å². The third-order valence-electron chi connectivity index (χ3n) is 7.72. The summed E-state index contributed by atoms with van der Waals surface area (Å²) in [5.41, 5.74) is 1.05. The van der Waals surface area contributed by atoms with Gasteiger partial charge in [0.1, 0.15) is 12.7 Å². The predicted molar refractivity (Wildman–Crippen MR) is 111 cm³/mol. The Balaban J connectivity index is 2.02. The molecule has 1 saturated carbocycles. The Morgan fingerprint density at radius 3 is 2.67 bits per heavy atom. The lowest BCUT2D eigenvalue weighted by Crippen LogP contribution is -2.60. The van der Waals surface area contributed by atoms with Crippen LogP contribution in [-0.2, 0) is 19.1 Å². The van der Waals surface area contributed by atoms with Crippen molar-refractivity contribution in [3.63, 3.8) is 0 Å². The zero-order chi connectivity index (χ0) is 22.1. The van der Waals surface area contributed by atoms with Gasteiger partial charge in [0.25, 0.3) is 0 Å². The maximum atomic E-state index is 11.8. The molecule has 3 rings (SSSR count). The van der Waals surface area contributed by atoms with Crippen LogP contribution in [0.3, 0.4) is 0 Å². The van der Waals surface area contributed by atoms with Crippen molar-refractivity contribution in [2.75, 3.05) is 6.61 Å². The van der Waals surface area contributed by atoms with E-state index in [4.69, 9.17) is 13.9 Å². The number of allylic oxidation sites excluding steroid dienone is 1. The van der Waals surface area contributed by atoms with Gasteiger partial charge in [-0.25, -0.2) is 0 Å². The van der Waals surface area contributed by atoms with E-state index in [0.29, 0.717) is 12.8 Å². The van der Waals surface area contributed by atoms with E-state index < -0.39 is 17.6 Å². The van der Waals surface area contributed by atoms with Crippen LogP contribution in [0.5, 0.6) is 0 Å². The first-order valence-electron chi connectivity index (χ1n) is 10.8. The zero-order valence-corrected chi connectivity index (χ0v) is 18.6. The van der Waals surface area contributed by atoms with E-state index in [2.05, 4.69) is 19.9 Å². The Labute approximate surface area is 178 Å². The third kappa shape index (κ3) is 3.94. The Morgan fingerprint density at radius 2 is 2.07 bits per heavy atom. The summed E-state index contributed by atoms with van der Waals surface area (Å²) in [6.45, 7) is 9.42. The van der Waals surface area contributed by atoms with Crippen molar-refractivity contribution in [1.29, 1.82) is 0 Å². The molecule has 0 amide bonds. The van der Waals surface area contributed by atoms with E-state index in [9.17, 15) is 14.7 Å². The first-order valence-corrected chi connectivity index (χ1v) is 10.8. The van der Waals surface area contributed by atoms with Gasteiger partial charge in [0.15, 0.2) is 0 Å². The van der Waals surface area contributed by atoms with Gasteiger partial charge in [0.05, 0.1) is 24.0 Å². The molecular weight excluding hydrogens is 384 g/mol. The predicted octanol–water partition coefficient (Wildman–Crippen LogP) is 4.59. The number of hydrogen-bond donors (Lipinski definition) is 1. The van der Waals surface area contributed by atoms with Crippen molar-refractivity contribution in [2.45, 2.75) is 72.5 Å². The Morgan fingerprint density at radius 1 is 1.33 bits per heavy atom. The van der Waals surface area contributed by atoms with Crippen LogP contribution in [0, 0.1) is 22.7 Å². The van der Waals surface area contributed by atoms with Gasteiger partial charge < -0.3 is 19.0 Å². The number of carbonyl (C=O) groups is 2. The normalized spacial score (nSPS) is 34.5. The van der Waals surface area contributed by atoms with Gasteiger partial charge in [-0.3, -0.25) is 9.59 Å². The number of carbonyl (C=O) groups excluding carboxylic acids is 2. The molecular formula is C24H34O6. The molecule has 6 heteroatoms. The van der Waals surface area contributed by atoms with Gasteiger partial charge in [-0.05, 0) is 55.9 Å². The SMILES string of the molecule is CC(=O)OC[C@]12C(C)=CCC[C@H]1[C@](C)(C[C@@H](OC(C)=O)c1ccoc1)[C@@H](C)C[C@H]2O. The molecule has 2 aliphatic carbocycles. The number of aliphatic hydroxyl groups excluding tert-OH is 1. The summed E-state index contributed by atoms with van der Waals surface area (Å²) in [4.78, 5) is 23.5. The second kappa shape index (κ2) is 8.58. The fourth-order valence-corrected chi connectivity index (χ4v) is 5.92. The van der Waals surface area contributed by atoms with Crippen LogP contribution in [0.1, 0.15) is 72.0 Å². The summed E-state index contributed by atoms with van der Waals surface area (Å²) in [7, 11) is 0. The summed E-state index contributed by atoms with van der Waals surface area (Å²) in [6.07, 6.45) is 7.35. The van der Waals surface area contributed by atoms with Crippen molar-refractivity contribution < 1.29 is 28.6 Å². The van der Waals surface area contributed by atoms with Crippen LogP contribution in [0.2, 0.25) is 0 Å². The van der Waals surface area contributed by atoms with Crippen molar-refractivity contribution in [3.8, 4) is 0 Å². The lowest BCUT2D eigenvalue weighted by atomic mass is 9.45. The molecule has 1 N–H and O–H groups in total. The topological polar surface area (TPSA) is 86.0 Å². The molecule has 2 aliphatic rings. The summed E-state index contributed by atoms with van der Waals surface area (Å²) in [5, 5.41) is 11.3. The molecule has 6 nitrogen and oxygen atoms in total. The lowest BCUT2D eigenvalue weighted by Gasteiger charge is -2.61. The highest BCUT2D eigenvalue weighted by Crippen LogP contribution is 2.63. The molecule has 166 valence electrons. The summed E-state index contributed by atoms with van der Waals surface area (Å²) < 4.78 is 16.5. The van der Waals surface area contributed by atoms with Crippen LogP contribution < -0.4 is 0 Å². The van der Waals surface area contributed by atoms with Crippen LogP contribution in [0.4, 0.5) is 0 Å². The standard InChI is InChI=1S/C24H34O6/c1-15-7-6-8-21-23(5,12-20(30-18(4)26)19-9-10-28-13-19)16(2)11-22(27)24(15,21)14-29-17(3)25/h7,9-10,13,16,20-22,27H,6,8,11-12,14H2,1-5H3/t16-,20+,21-,22+,23+,24-/m0/s1. The number of hydrogen-bond acceptors (Lipinski definition) is 6. The summed E-state index contributed by atoms with van der Waals surface area (Å²) >= 11 is 0. The minimum atomic E-state index is -0.623. The number of rotatable bonds is 6. The van der Waals surface area contributed by atoms with Crippen LogP contribution in [-0.4, -0.2) is 29.8 Å². The first kappa shape index (κ1) is 22.6. The van der Waals surface area contributed by atoms with Gasteiger partial charge in [-0.2, -0.15) is 0 Å². The molecule has 1 fully saturated rings. The van der Waals surface area contributed by atoms with Crippen molar-refractivity contribution in [1.82, 2.24) is 0 Å². The summed E-state index contributed by atoms with van der Waals surface area (Å²) in [5.74, 6) is -0.402. The molecule has 1 heterocycles. The highest BCUT2D eigenvalue weighted by atomic mass is 16.5. The third-order valence-corrected chi connectivity index (χ3v) is 7.72. The van der Waals surface area contributed by atoms with E-state index in [1.54, 1.807) is 12.5 Å². The number of ether oxygens (including phenoxy) is 2.